The second-order valence-electron chi connectivity index (χ2n) is 11.6. The fourth-order valence-electron chi connectivity index (χ4n) is 6.73. The molecule has 40 heavy (non-hydrogen) atoms. The quantitative estimate of drug-likeness (QED) is 0.491. The Kier molecular flexibility index (Phi) is 8.03. The van der Waals surface area contributed by atoms with Crippen LogP contribution in [0.25, 0.3) is 10.9 Å². The van der Waals surface area contributed by atoms with Crippen molar-refractivity contribution in [1.29, 1.82) is 0 Å². The average molecular weight is 595 g/mol. The first-order valence-corrected chi connectivity index (χ1v) is 17.5. The van der Waals surface area contributed by atoms with E-state index < -0.39 is 32.0 Å². The molecule has 1 aromatic heterocycles. The van der Waals surface area contributed by atoms with Crippen molar-refractivity contribution < 1.29 is 26.4 Å². The highest BCUT2D eigenvalue weighted by Gasteiger charge is 2.42. The van der Waals surface area contributed by atoms with E-state index in [1.54, 1.807) is 10.6 Å². The fourth-order valence-corrected chi connectivity index (χ4v) is 9.69. The van der Waals surface area contributed by atoms with Crippen LogP contribution in [-0.2, 0) is 19.9 Å². The number of benzene rings is 1. The molecule has 0 aliphatic carbocycles. The molecule has 4 atom stereocenters. The molecule has 0 spiro atoms. The molecule has 220 valence electrons. The van der Waals surface area contributed by atoms with Crippen molar-refractivity contribution in [2.24, 2.45) is 0 Å². The first-order chi connectivity index (χ1) is 18.8. The molecular weight excluding hydrogens is 556 g/mol. The lowest BCUT2D eigenvalue weighted by atomic mass is 9.97. The van der Waals surface area contributed by atoms with Crippen molar-refractivity contribution in [1.82, 2.24) is 19.1 Å². The number of amides is 1. The minimum atomic E-state index is -3.55. The number of sulfone groups is 1. The summed E-state index contributed by atoms with van der Waals surface area (Å²) in [6.45, 7) is 4.58. The Labute approximate surface area is 235 Å². The molecule has 5 rings (SSSR count). The van der Waals surface area contributed by atoms with Crippen LogP contribution in [0.3, 0.4) is 0 Å². The predicted octanol–water partition coefficient (Wildman–Crippen LogP) is 2.11. The van der Waals surface area contributed by atoms with Crippen molar-refractivity contribution in [3.63, 3.8) is 0 Å². The molecule has 11 nitrogen and oxygen atoms in total. The van der Waals surface area contributed by atoms with Gasteiger partial charge in [0.1, 0.15) is 0 Å². The molecule has 0 radical (unpaired) electrons. The first-order valence-electron chi connectivity index (χ1n) is 13.9. The number of carbonyl (C=O) groups is 1. The molecule has 3 aliphatic rings. The number of hydrogen-bond donors (Lipinski definition) is 1. The van der Waals surface area contributed by atoms with Crippen LogP contribution in [-0.4, -0.2) is 91.7 Å². The highest BCUT2D eigenvalue weighted by molar-refractivity contribution is 7.92. The Morgan fingerprint density at radius 2 is 1.82 bits per heavy atom. The summed E-state index contributed by atoms with van der Waals surface area (Å²) in [5, 5.41) is 3.76. The van der Waals surface area contributed by atoms with Crippen molar-refractivity contribution in [2.75, 3.05) is 30.9 Å². The van der Waals surface area contributed by atoms with Crippen LogP contribution in [0.15, 0.2) is 35.1 Å². The minimum Gasteiger partial charge on any atom is -0.404 e. The van der Waals surface area contributed by atoms with Gasteiger partial charge in [-0.05, 0) is 58.1 Å². The summed E-state index contributed by atoms with van der Waals surface area (Å²) in [6.07, 6.45) is 4.07. The maximum Gasteiger partial charge on any atom is 0.413 e. The van der Waals surface area contributed by atoms with E-state index in [0.29, 0.717) is 25.8 Å². The van der Waals surface area contributed by atoms with Gasteiger partial charge in [-0.2, -0.15) is 4.31 Å². The summed E-state index contributed by atoms with van der Waals surface area (Å²) < 4.78 is 57.4. The second kappa shape index (κ2) is 11.1. The Morgan fingerprint density at radius 1 is 1.15 bits per heavy atom. The summed E-state index contributed by atoms with van der Waals surface area (Å²) in [7, 11) is -6.76. The highest BCUT2D eigenvalue weighted by atomic mass is 32.2. The zero-order chi connectivity index (χ0) is 28.8. The lowest BCUT2D eigenvalue weighted by molar-refractivity contribution is 0.106. The number of rotatable bonds is 8. The normalized spacial score (nSPS) is 26.5. The smallest absolute Gasteiger partial charge is 0.404 e. The monoisotopic (exact) mass is 594 g/mol. The zero-order valence-corrected chi connectivity index (χ0v) is 24.8. The number of fused-ring (bicyclic) bond motifs is 3. The summed E-state index contributed by atoms with van der Waals surface area (Å²) >= 11 is 0. The van der Waals surface area contributed by atoms with E-state index in [1.807, 2.05) is 38.1 Å². The molecule has 2 unspecified atom stereocenters. The molecule has 1 aromatic carbocycles. The lowest BCUT2D eigenvalue weighted by Crippen LogP contribution is -2.53. The first kappa shape index (κ1) is 29.0. The highest BCUT2D eigenvalue weighted by Crippen LogP contribution is 2.36. The molecule has 4 heterocycles. The second-order valence-corrected chi connectivity index (χ2v) is 15.8. The summed E-state index contributed by atoms with van der Waals surface area (Å²) in [6, 6.07) is 8.70. The van der Waals surface area contributed by atoms with Gasteiger partial charge in [-0.3, -0.25) is 9.69 Å². The maximum absolute atomic E-state index is 13.1. The topological polar surface area (TPSA) is 135 Å². The maximum atomic E-state index is 13.1. The molecule has 13 heteroatoms. The molecule has 0 saturated carbocycles. The number of hydrogen-bond acceptors (Lipinski definition) is 8. The van der Waals surface area contributed by atoms with Crippen LogP contribution >= 0.6 is 0 Å². The van der Waals surface area contributed by atoms with Gasteiger partial charge < -0.3 is 14.6 Å². The van der Waals surface area contributed by atoms with Crippen LogP contribution in [0.5, 0.6) is 5.75 Å². The zero-order valence-electron chi connectivity index (χ0n) is 23.2. The number of nitrogens with one attached hydrogen (secondary N) is 1. The van der Waals surface area contributed by atoms with Gasteiger partial charge in [0.15, 0.2) is 15.6 Å². The van der Waals surface area contributed by atoms with E-state index in [9.17, 15) is 26.4 Å². The third kappa shape index (κ3) is 6.07. The van der Waals surface area contributed by atoms with Crippen LogP contribution in [0, 0.1) is 0 Å². The van der Waals surface area contributed by atoms with Gasteiger partial charge in [0.25, 0.3) is 5.56 Å². The number of nitrogens with zero attached hydrogens (tertiary/aromatic N) is 3. The third-order valence-corrected chi connectivity index (χ3v) is 11.5. The van der Waals surface area contributed by atoms with E-state index in [-0.39, 0.29) is 53.5 Å². The number of pyridine rings is 1. The number of sulfonamides is 1. The number of aromatic nitrogens is 1. The number of carbonyl (C=O) groups excluding carboxylic acids is 1. The Bertz CT molecular complexity index is 1540. The summed E-state index contributed by atoms with van der Waals surface area (Å²) in [5.74, 6) is -0.118. The van der Waals surface area contributed by atoms with Crippen molar-refractivity contribution in [3.8, 4) is 5.75 Å². The van der Waals surface area contributed by atoms with Gasteiger partial charge in [-0.15, -0.1) is 0 Å². The Morgan fingerprint density at radius 3 is 2.42 bits per heavy atom. The molecular formula is C27H38N4O7S2. The van der Waals surface area contributed by atoms with E-state index in [2.05, 4.69) is 10.2 Å². The standard InChI is InChI=1S/C27H38N4O7S2/c1-18(2)31-24-7-5-4-6-19(24)14-25(26(31)32)38-27(33)28-20-15-21-8-9-22(16-20)29(21)11-12-30(39(3,34)35)23-10-13-40(36,37)17-23/h4-7,14,18,20-23H,8-13,15-17H2,1-3H3,(H,28,33)/t20?,21-,22+,23?. The van der Waals surface area contributed by atoms with E-state index in [0.717, 1.165) is 30.0 Å². The largest absolute Gasteiger partial charge is 0.413 e. The Hall–Kier alpha value is -2.48. The lowest BCUT2D eigenvalue weighted by Gasteiger charge is -2.40. The average Bonchev–Trinajstić information content (AvgIpc) is 3.32. The van der Waals surface area contributed by atoms with E-state index in [1.165, 1.54) is 4.31 Å². The van der Waals surface area contributed by atoms with Crippen molar-refractivity contribution in [2.45, 2.75) is 76.2 Å². The predicted molar refractivity (Wildman–Crippen MR) is 153 cm³/mol. The van der Waals surface area contributed by atoms with Gasteiger partial charge in [0.2, 0.25) is 10.0 Å². The Balaban J connectivity index is 1.21. The molecule has 1 amide bonds. The van der Waals surface area contributed by atoms with Crippen molar-refractivity contribution in [3.05, 3.63) is 40.7 Å². The SMILES string of the molecule is CC(C)n1c(=O)c(OC(=O)NC2C[C@H]3CC[C@@H](C2)N3CCN(C2CCS(=O)(=O)C2)S(C)(=O)=O)cc2ccccc21. The third-order valence-electron chi connectivity index (χ3n) is 8.46. The number of piperidine rings is 1. The van der Waals surface area contributed by atoms with Crippen LogP contribution in [0.1, 0.15) is 52.0 Å². The minimum absolute atomic E-state index is 0.0138. The number of para-hydroxylation sites is 1. The molecule has 2 bridgehead atoms. The van der Waals surface area contributed by atoms with Gasteiger partial charge in [0.05, 0.1) is 23.3 Å². The van der Waals surface area contributed by atoms with Crippen molar-refractivity contribution >= 4 is 36.9 Å². The fraction of sp³-hybridized carbons (Fsp3) is 0.630. The van der Waals surface area contributed by atoms with Crippen LogP contribution in [0.4, 0.5) is 4.79 Å². The number of ether oxygens (including phenoxy) is 1. The summed E-state index contributed by atoms with van der Waals surface area (Å²) in [5.41, 5.74) is 0.424. The molecule has 3 saturated heterocycles. The van der Waals surface area contributed by atoms with Gasteiger partial charge in [-0.1, -0.05) is 18.2 Å². The van der Waals surface area contributed by atoms with Gasteiger partial charge in [0, 0.05) is 48.7 Å². The van der Waals surface area contributed by atoms with E-state index in [4.69, 9.17) is 4.74 Å². The molecule has 3 fully saturated rings. The van der Waals surface area contributed by atoms with Crippen LogP contribution < -0.4 is 15.6 Å². The molecule has 3 aliphatic heterocycles. The molecule has 2 aromatic rings. The van der Waals surface area contributed by atoms with Gasteiger partial charge in [-0.25, -0.2) is 21.6 Å². The van der Waals surface area contributed by atoms with E-state index >= 15 is 0 Å². The van der Waals surface area contributed by atoms with Gasteiger partial charge >= 0.3 is 6.09 Å². The molecule has 1 N–H and O–H groups in total. The van der Waals surface area contributed by atoms with Crippen LogP contribution in [0.2, 0.25) is 0 Å². The summed E-state index contributed by atoms with van der Waals surface area (Å²) in [4.78, 5) is 28.3.